The summed E-state index contributed by atoms with van der Waals surface area (Å²) >= 11 is 0. The second kappa shape index (κ2) is 5.92. The van der Waals surface area contributed by atoms with Crippen LogP contribution in [0.1, 0.15) is 6.42 Å². The van der Waals surface area contributed by atoms with Crippen molar-refractivity contribution in [3.63, 3.8) is 0 Å². The maximum atomic E-state index is 5.64. The van der Waals surface area contributed by atoms with Crippen molar-refractivity contribution in [3.8, 4) is 5.95 Å². The minimum Gasteiger partial charge on any atom is -0.385 e. The molecule has 0 aliphatic carbocycles. The zero-order valence-corrected chi connectivity index (χ0v) is 10.1. The van der Waals surface area contributed by atoms with Gasteiger partial charge in [-0.05, 0) is 6.42 Å². The molecule has 0 aromatic carbocycles. The van der Waals surface area contributed by atoms with Gasteiger partial charge in [-0.15, -0.1) is 0 Å². The normalized spacial score (nSPS) is 10.5. The van der Waals surface area contributed by atoms with Crippen molar-refractivity contribution in [3.05, 3.63) is 18.7 Å². The number of nitrogen functional groups attached to an aromatic ring is 1. The van der Waals surface area contributed by atoms with E-state index in [0.29, 0.717) is 25.0 Å². The summed E-state index contributed by atoms with van der Waals surface area (Å²) in [5.41, 5.74) is 5.64. The monoisotopic (exact) mass is 249 g/mol. The van der Waals surface area contributed by atoms with Crippen LogP contribution in [0.3, 0.4) is 0 Å². The summed E-state index contributed by atoms with van der Waals surface area (Å²) in [6.45, 7) is 1.39. The Morgan fingerprint density at radius 3 is 3.00 bits per heavy atom. The van der Waals surface area contributed by atoms with Crippen LogP contribution in [0, 0.1) is 0 Å². The fraction of sp³-hybridized carbons (Fsp3) is 0.400. The molecule has 2 heterocycles. The molecule has 0 fully saturated rings. The Kier molecular flexibility index (Phi) is 4.02. The number of hydrogen-bond donors (Lipinski definition) is 2. The van der Waals surface area contributed by atoms with Crippen LogP contribution in [0.4, 0.5) is 11.9 Å². The molecule has 0 saturated carbocycles. The third-order valence-corrected chi connectivity index (χ3v) is 2.18. The molecule has 96 valence electrons. The van der Waals surface area contributed by atoms with E-state index in [2.05, 4.69) is 25.3 Å². The van der Waals surface area contributed by atoms with E-state index < -0.39 is 0 Å². The fourth-order valence-electron chi connectivity index (χ4n) is 1.37. The number of rotatable bonds is 6. The number of nitrogens with one attached hydrogen (secondary N) is 1. The maximum absolute atomic E-state index is 5.64. The summed E-state index contributed by atoms with van der Waals surface area (Å²) < 4.78 is 6.62. The van der Waals surface area contributed by atoms with Gasteiger partial charge in [0.2, 0.25) is 17.8 Å². The Hall–Kier alpha value is -2.22. The minimum atomic E-state index is 0.169. The summed E-state index contributed by atoms with van der Waals surface area (Å²) in [5.74, 6) is 1.06. The molecule has 0 atom stereocenters. The average Bonchev–Trinajstić information content (AvgIpc) is 2.88. The van der Waals surface area contributed by atoms with Crippen LogP contribution in [0.25, 0.3) is 5.95 Å². The molecule has 18 heavy (non-hydrogen) atoms. The van der Waals surface area contributed by atoms with Crippen molar-refractivity contribution < 1.29 is 4.74 Å². The predicted molar refractivity (Wildman–Crippen MR) is 66.3 cm³/mol. The summed E-state index contributed by atoms with van der Waals surface area (Å²) in [6.07, 6.45) is 5.85. The molecule has 3 N–H and O–H groups in total. The van der Waals surface area contributed by atoms with Crippen LogP contribution in [-0.2, 0) is 4.74 Å². The second-order valence-electron chi connectivity index (χ2n) is 3.56. The number of nitrogens with zero attached hydrogens (tertiary/aromatic N) is 5. The van der Waals surface area contributed by atoms with Crippen LogP contribution < -0.4 is 11.1 Å². The summed E-state index contributed by atoms with van der Waals surface area (Å²) in [5, 5.41) is 3.07. The van der Waals surface area contributed by atoms with Crippen LogP contribution in [0.2, 0.25) is 0 Å². The molecular formula is C10H15N7O. The first-order chi connectivity index (χ1) is 8.79. The van der Waals surface area contributed by atoms with E-state index in [0.717, 1.165) is 6.42 Å². The van der Waals surface area contributed by atoms with Crippen molar-refractivity contribution in [1.29, 1.82) is 0 Å². The molecule has 8 nitrogen and oxygen atoms in total. The lowest BCUT2D eigenvalue weighted by molar-refractivity contribution is 0.197. The molecule has 0 aliphatic rings. The number of hydrogen-bond acceptors (Lipinski definition) is 7. The number of anilines is 2. The molecule has 0 spiro atoms. The summed E-state index contributed by atoms with van der Waals surface area (Å²) in [6, 6.07) is 0. The second-order valence-corrected chi connectivity index (χ2v) is 3.56. The minimum absolute atomic E-state index is 0.169. The Morgan fingerprint density at radius 1 is 1.39 bits per heavy atom. The van der Waals surface area contributed by atoms with Crippen LogP contribution in [0.5, 0.6) is 0 Å². The van der Waals surface area contributed by atoms with Gasteiger partial charge < -0.3 is 15.8 Å². The Morgan fingerprint density at radius 2 is 2.28 bits per heavy atom. The van der Waals surface area contributed by atoms with E-state index in [4.69, 9.17) is 10.5 Å². The highest BCUT2D eigenvalue weighted by Gasteiger charge is 2.05. The average molecular weight is 249 g/mol. The van der Waals surface area contributed by atoms with E-state index in [9.17, 15) is 0 Å². The van der Waals surface area contributed by atoms with Gasteiger partial charge in [0, 0.05) is 32.7 Å². The number of ether oxygens (including phenoxy) is 1. The van der Waals surface area contributed by atoms with Crippen molar-refractivity contribution in [2.45, 2.75) is 6.42 Å². The van der Waals surface area contributed by atoms with Gasteiger partial charge >= 0.3 is 0 Å². The van der Waals surface area contributed by atoms with Crippen molar-refractivity contribution in [1.82, 2.24) is 24.5 Å². The predicted octanol–water partition coefficient (Wildman–Crippen LogP) is 0.0879. The highest BCUT2D eigenvalue weighted by atomic mass is 16.5. The fourth-order valence-corrected chi connectivity index (χ4v) is 1.37. The molecule has 0 amide bonds. The number of methoxy groups -OCH3 is 1. The quantitative estimate of drug-likeness (QED) is 0.699. The largest absolute Gasteiger partial charge is 0.385 e. The lowest BCUT2D eigenvalue weighted by atomic mass is 10.4. The van der Waals surface area contributed by atoms with Gasteiger partial charge in [-0.3, -0.25) is 4.57 Å². The van der Waals surface area contributed by atoms with E-state index in [-0.39, 0.29) is 5.95 Å². The molecule has 2 rings (SSSR count). The first-order valence-corrected chi connectivity index (χ1v) is 5.52. The van der Waals surface area contributed by atoms with Crippen molar-refractivity contribution in [2.75, 3.05) is 31.3 Å². The Balaban J connectivity index is 2.07. The Labute approximate surface area is 104 Å². The lowest BCUT2D eigenvalue weighted by Gasteiger charge is -2.07. The first-order valence-electron chi connectivity index (χ1n) is 5.52. The number of aromatic nitrogens is 5. The van der Waals surface area contributed by atoms with Gasteiger partial charge in [-0.1, -0.05) is 0 Å². The molecular weight excluding hydrogens is 234 g/mol. The molecule has 0 saturated heterocycles. The molecule has 0 unspecified atom stereocenters. The van der Waals surface area contributed by atoms with E-state index in [1.165, 1.54) is 0 Å². The molecule has 0 bridgehead atoms. The molecule has 0 aliphatic heterocycles. The molecule has 8 heteroatoms. The Bertz CT molecular complexity index is 485. The number of imidazole rings is 1. The zero-order chi connectivity index (χ0) is 12.8. The van der Waals surface area contributed by atoms with Crippen molar-refractivity contribution in [2.24, 2.45) is 0 Å². The smallest absolute Gasteiger partial charge is 0.241 e. The van der Waals surface area contributed by atoms with Gasteiger partial charge in [0.25, 0.3) is 0 Å². The van der Waals surface area contributed by atoms with Gasteiger partial charge in [0.1, 0.15) is 6.33 Å². The molecule has 0 radical (unpaired) electrons. The third-order valence-electron chi connectivity index (χ3n) is 2.18. The topological polar surface area (TPSA) is 104 Å². The third kappa shape index (κ3) is 3.14. The lowest BCUT2D eigenvalue weighted by Crippen LogP contribution is -2.12. The van der Waals surface area contributed by atoms with Gasteiger partial charge in [-0.2, -0.15) is 15.0 Å². The van der Waals surface area contributed by atoms with E-state index >= 15 is 0 Å². The summed E-state index contributed by atoms with van der Waals surface area (Å²) in [7, 11) is 1.66. The molecule has 2 aromatic rings. The van der Waals surface area contributed by atoms with E-state index in [1.807, 2.05) is 0 Å². The van der Waals surface area contributed by atoms with E-state index in [1.54, 1.807) is 30.4 Å². The van der Waals surface area contributed by atoms with Crippen LogP contribution in [0.15, 0.2) is 18.7 Å². The summed E-state index contributed by atoms with van der Waals surface area (Å²) in [4.78, 5) is 16.2. The van der Waals surface area contributed by atoms with Gasteiger partial charge in [0.15, 0.2) is 0 Å². The first kappa shape index (κ1) is 12.2. The van der Waals surface area contributed by atoms with Crippen molar-refractivity contribution >= 4 is 11.9 Å². The standard InChI is InChI=1S/C10H15N7O/c1-18-6-2-3-13-9-14-8(11)15-10(16-9)17-5-4-12-7-17/h4-5,7H,2-3,6H2,1H3,(H3,11,13,14,15,16). The SMILES string of the molecule is COCCCNc1nc(N)nc(-n2ccnc2)n1. The number of nitrogens with two attached hydrogens (primary N) is 1. The van der Waals surface area contributed by atoms with Crippen LogP contribution >= 0.6 is 0 Å². The van der Waals surface area contributed by atoms with Gasteiger partial charge in [-0.25, -0.2) is 4.98 Å². The zero-order valence-electron chi connectivity index (χ0n) is 10.1. The van der Waals surface area contributed by atoms with Crippen LogP contribution in [-0.4, -0.2) is 44.8 Å². The maximum Gasteiger partial charge on any atom is 0.241 e. The van der Waals surface area contributed by atoms with Gasteiger partial charge in [0.05, 0.1) is 0 Å². The molecule has 2 aromatic heterocycles. The highest BCUT2D eigenvalue weighted by Crippen LogP contribution is 2.06. The highest BCUT2D eigenvalue weighted by molar-refractivity contribution is 5.34.